The number of ether oxygens (including phenoxy) is 1. The molecule has 0 radical (unpaired) electrons. The predicted octanol–water partition coefficient (Wildman–Crippen LogP) is 4.46. The van der Waals surface area contributed by atoms with Gasteiger partial charge in [0.15, 0.2) is 0 Å². The third kappa shape index (κ3) is 5.32. The fourth-order valence-electron chi connectivity index (χ4n) is 3.02. The molecule has 2 heterocycles. The number of aromatic nitrogens is 4. The Kier molecular flexibility index (Phi) is 7.01. The van der Waals surface area contributed by atoms with Gasteiger partial charge in [0.05, 0.1) is 16.9 Å². The highest BCUT2D eigenvalue weighted by atomic mass is 35.5. The molecule has 158 valence electrons. The lowest BCUT2D eigenvalue weighted by molar-refractivity contribution is 0.0802. The molecule has 0 fully saturated rings. The van der Waals surface area contributed by atoms with E-state index >= 15 is 0 Å². The van der Waals surface area contributed by atoms with Gasteiger partial charge in [-0.2, -0.15) is 5.10 Å². The summed E-state index contributed by atoms with van der Waals surface area (Å²) in [6, 6.07) is 8.79. The van der Waals surface area contributed by atoms with Crippen LogP contribution in [-0.4, -0.2) is 47.7 Å². The molecule has 0 spiro atoms. The van der Waals surface area contributed by atoms with Gasteiger partial charge in [-0.15, -0.1) is 0 Å². The minimum atomic E-state index is -1.17. The second kappa shape index (κ2) is 9.50. The maximum Gasteiger partial charge on any atom is 0.140 e. The minimum absolute atomic E-state index is 0.335. The van der Waals surface area contributed by atoms with Gasteiger partial charge in [0.1, 0.15) is 18.2 Å². The predicted molar refractivity (Wildman–Crippen MR) is 126 cm³/mol. The first-order valence-electron chi connectivity index (χ1n) is 9.73. The third-order valence-electron chi connectivity index (χ3n) is 4.61. The van der Waals surface area contributed by atoms with E-state index in [0.717, 1.165) is 33.8 Å². The number of nitrogens with two attached hydrogens (primary N) is 1. The van der Waals surface area contributed by atoms with E-state index in [0.29, 0.717) is 24.2 Å². The van der Waals surface area contributed by atoms with Crippen LogP contribution >= 0.6 is 11.6 Å². The Labute approximate surface area is 182 Å². The first kappa shape index (κ1) is 22.1. The zero-order valence-corrected chi connectivity index (χ0v) is 19.5. The van der Waals surface area contributed by atoms with Crippen molar-refractivity contribution < 1.29 is 4.74 Å². The maximum atomic E-state index is 6.14. The van der Waals surface area contributed by atoms with Gasteiger partial charge >= 0.3 is 0 Å². The van der Waals surface area contributed by atoms with Gasteiger partial charge in [0.25, 0.3) is 0 Å². The number of allylic oxidation sites excluding steroid dienone is 1. The van der Waals surface area contributed by atoms with Gasteiger partial charge in [-0.25, -0.2) is 14.6 Å². The Hall–Kier alpha value is -2.55. The molecule has 2 N–H and O–H groups in total. The number of halogens is 1. The van der Waals surface area contributed by atoms with Crippen LogP contribution in [0, 0.1) is 0 Å². The summed E-state index contributed by atoms with van der Waals surface area (Å²) in [4.78, 5) is 12.5. The lowest BCUT2D eigenvalue weighted by Crippen LogP contribution is -2.22. The molecule has 7 nitrogen and oxygen atoms in total. The van der Waals surface area contributed by atoms with E-state index in [9.17, 15) is 0 Å². The van der Waals surface area contributed by atoms with E-state index in [2.05, 4.69) is 34.6 Å². The van der Waals surface area contributed by atoms with Gasteiger partial charge in [-0.05, 0) is 23.7 Å². The molecule has 30 heavy (non-hydrogen) atoms. The average Bonchev–Trinajstić information content (AvgIpc) is 3.06. The molecule has 0 bridgehead atoms. The number of nitrogens with zero attached hydrogens (tertiary/aromatic N) is 5. The fourth-order valence-corrected chi connectivity index (χ4v) is 3.92. The van der Waals surface area contributed by atoms with Crippen molar-refractivity contribution in [2.24, 2.45) is 10.7 Å². The summed E-state index contributed by atoms with van der Waals surface area (Å²) >= 11 is 6.14. The van der Waals surface area contributed by atoms with Crippen LogP contribution in [0.25, 0.3) is 27.9 Å². The molecule has 0 aliphatic rings. The Morgan fingerprint density at radius 2 is 2.07 bits per heavy atom. The number of aliphatic imine (C=N–C) groups is 1. The van der Waals surface area contributed by atoms with Crippen LogP contribution in [0.5, 0.6) is 0 Å². The Morgan fingerprint density at radius 1 is 1.27 bits per heavy atom. The molecule has 0 unspecified atom stereocenters. The molecule has 0 saturated heterocycles. The number of rotatable bonds is 8. The monoisotopic (exact) mass is 442 g/mol. The van der Waals surface area contributed by atoms with Crippen LogP contribution in [0.1, 0.15) is 5.56 Å². The number of benzene rings is 1. The third-order valence-corrected chi connectivity index (χ3v) is 6.52. The van der Waals surface area contributed by atoms with Crippen LogP contribution in [0.4, 0.5) is 0 Å². The smallest absolute Gasteiger partial charge is 0.140 e. The molecule has 1 aromatic carbocycles. The van der Waals surface area contributed by atoms with Gasteiger partial charge in [0.2, 0.25) is 0 Å². The maximum absolute atomic E-state index is 6.14. The first-order valence-corrected chi connectivity index (χ1v) is 13.8. The van der Waals surface area contributed by atoms with Gasteiger partial charge < -0.3 is 10.5 Å². The largest absolute Gasteiger partial charge is 0.404 e. The quantitative estimate of drug-likeness (QED) is 0.240. The lowest BCUT2D eigenvalue weighted by Gasteiger charge is -2.15. The molecular weight excluding hydrogens is 416 g/mol. The number of hydrogen-bond acceptors (Lipinski definition) is 6. The highest BCUT2D eigenvalue weighted by Crippen LogP contribution is 2.30. The molecule has 0 amide bonds. The number of hydrogen-bond donors (Lipinski definition) is 1. The van der Waals surface area contributed by atoms with Gasteiger partial charge in [-0.3, -0.25) is 4.99 Å². The van der Waals surface area contributed by atoms with Crippen molar-refractivity contribution in [3.8, 4) is 11.4 Å². The van der Waals surface area contributed by atoms with Crippen molar-refractivity contribution in [1.82, 2.24) is 19.7 Å². The Balaban J connectivity index is 2.05. The second-order valence-electron chi connectivity index (χ2n) is 8.16. The molecule has 0 saturated carbocycles. The summed E-state index contributed by atoms with van der Waals surface area (Å²) in [5.41, 5.74) is 9.91. The van der Waals surface area contributed by atoms with Gasteiger partial charge in [-0.1, -0.05) is 37.3 Å². The van der Waals surface area contributed by atoms with E-state index in [1.165, 1.54) is 6.33 Å². The van der Waals surface area contributed by atoms with Crippen LogP contribution in [0.15, 0.2) is 41.8 Å². The average molecular weight is 443 g/mol. The normalized spacial score (nSPS) is 12.9. The highest BCUT2D eigenvalue weighted by Gasteiger charge is 2.17. The van der Waals surface area contributed by atoms with Crippen LogP contribution in [0.3, 0.4) is 0 Å². The van der Waals surface area contributed by atoms with Crippen molar-refractivity contribution in [2.75, 3.05) is 13.7 Å². The van der Waals surface area contributed by atoms with Crippen molar-refractivity contribution in [3.05, 3.63) is 47.5 Å². The minimum Gasteiger partial charge on any atom is -0.404 e. The fraction of sp³-hybridized carbons (Fsp3) is 0.333. The van der Waals surface area contributed by atoms with Gasteiger partial charge in [0, 0.05) is 51.2 Å². The van der Waals surface area contributed by atoms with E-state index in [-0.39, 0.29) is 0 Å². The molecular formula is C21H27ClN6OSi. The summed E-state index contributed by atoms with van der Waals surface area (Å²) in [5.74, 6) is 0. The molecule has 3 rings (SSSR count). The highest BCUT2D eigenvalue weighted by molar-refractivity contribution is 6.76. The molecule has 0 atom stereocenters. The molecule has 9 heteroatoms. The van der Waals surface area contributed by atoms with Crippen molar-refractivity contribution in [2.45, 2.75) is 32.4 Å². The summed E-state index contributed by atoms with van der Waals surface area (Å²) < 4.78 is 7.79. The zero-order valence-electron chi connectivity index (χ0n) is 17.8. The van der Waals surface area contributed by atoms with E-state index in [1.54, 1.807) is 25.5 Å². The molecule has 0 aliphatic heterocycles. The van der Waals surface area contributed by atoms with Crippen molar-refractivity contribution in [3.63, 3.8) is 0 Å². The second-order valence-corrected chi connectivity index (χ2v) is 14.2. The Bertz CT molecular complexity index is 1090. The van der Waals surface area contributed by atoms with E-state index < -0.39 is 8.07 Å². The lowest BCUT2D eigenvalue weighted by atomic mass is 10.0. The SMILES string of the molecule is CN=CC(=CN)c1ccc2nn(COCC[Si](C)(C)C)c(-c3cc(Cl)ncn3)c2c1. The first-order chi connectivity index (χ1) is 14.3. The van der Waals surface area contributed by atoms with Crippen LogP contribution in [-0.2, 0) is 11.5 Å². The van der Waals surface area contributed by atoms with Crippen LogP contribution in [0.2, 0.25) is 30.8 Å². The van der Waals surface area contributed by atoms with E-state index in [1.807, 2.05) is 22.9 Å². The topological polar surface area (TPSA) is 91.2 Å². The zero-order chi connectivity index (χ0) is 21.7. The Morgan fingerprint density at radius 3 is 2.73 bits per heavy atom. The number of fused-ring (bicyclic) bond motifs is 1. The summed E-state index contributed by atoms with van der Waals surface area (Å²) in [6.45, 7) is 8.03. The molecule has 3 aromatic rings. The standard InChI is InChI=1S/C21H27ClN6OSi/c1-24-12-16(11-23)15-5-6-18-17(9-15)21(19-10-20(22)26-13-25-19)28(27-18)14-29-7-8-30(2,3)4/h5-6,9-13H,7-8,14,23H2,1-4H3. The summed E-state index contributed by atoms with van der Waals surface area (Å²) in [6.07, 6.45) is 4.72. The molecule has 0 aliphatic carbocycles. The van der Waals surface area contributed by atoms with E-state index in [4.69, 9.17) is 27.2 Å². The van der Waals surface area contributed by atoms with Crippen molar-refractivity contribution >= 4 is 42.4 Å². The molecule has 2 aromatic heterocycles. The summed E-state index contributed by atoms with van der Waals surface area (Å²) in [5, 5.41) is 6.04. The van der Waals surface area contributed by atoms with Crippen LogP contribution < -0.4 is 5.73 Å². The van der Waals surface area contributed by atoms with Crippen molar-refractivity contribution in [1.29, 1.82) is 0 Å². The summed E-state index contributed by atoms with van der Waals surface area (Å²) in [7, 11) is 0.547.